The molecule has 0 bridgehead atoms. The summed E-state index contributed by atoms with van der Waals surface area (Å²) in [7, 11) is 0. The van der Waals surface area contributed by atoms with Gasteiger partial charge in [-0.15, -0.1) is 0 Å². The molecule has 1 saturated heterocycles. The average Bonchev–Trinajstić information content (AvgIpc) is 2.45. The quantitative estimate of drug-likeness (QED) is 0.845. The monoisotopic (exact) mass is 374 g/mol. The second kappa shape index (κ2) is 7.93. The Bertz CT molecular complexity index is 472. The minimum Gasteiger partial charge on any atom is -0.376 e. The molecule has 3 atom stereocenters. The first-order valence-electron chi connectivity index (χ1n) is 7.57. The third-order valence-corrected chi connectivity index (χ3v) is 4.96. The third-order valence-electron chi connectivity index (χ3n) is 4.14. The molecule has 0 aromatic heterocycles. The lowest BCUT2D eigenvalue weighted by molar-refractivity contribution is -0.0564. The van der Waals surface area contributed by atoms with E-state index in [1.165, 1.54) is 0 Å². The second-order valence-corrected chi connectivity index (χ2v) is 7.08. The Labute approximate surface area is 140 Å². The van der Waals surface area contributed by atoms with E-state index in [4.69, 9.17) is 22.1 Å². The van der Waals surface area contributed by atoms with Gasteiger partial charge in [0.05, 0.1) is 12.7 Å². The Morgan fingerprint density at radius 1 is 1.52 bits per heavy atom. The van der Waals surface area contributed by atoms with Crippen LogP contribution in [0.25, 0.3) is 0 Å². The molecular formula is C16H24BrClN2O. The zero-order valence-electron chi connectivity index (χ0n) is 12.7. The minimum absolute atomic E-state index is 0.0266. The molecule has 1 heterocycles. The molecule has 1 aliphatic heterocycles. The highest BCUT2D eigenvalue weighted by Crippen LogP contribution is 2.27. The van der Waals surface area contributed by atoms with E-state index in [0.29, 0.717) is 12.1 Å². The first kappa shape index (κ1) is 17.2. The number of morpholine rings is 1. The largest absolute Gasteiger partial charge is 0.376 e. The molecule has 0 amide bonds. The minimum atomic E-state index is -0.0266. The number of nitrogens with two attached hydrogens (primary N) is 1. The molecule has 118 valence electrons. The first-order chi connectivity index (χ1) is 10.0. The van der Waals surface area contributed by atoms with E-state index in [1.54, 1.807) is 0 Å². The molecule has 0 radical (unpaired) electrons. The normalized spacial score (nSPS) is 25.0. The van der Waals surface area contributed by atoms with Crippen molar-refractivity contribution in [3.05, 3.63) is 33.3 Å². The Kier molecular flexibility index (Phi) is 6.51. The molecule has 0 aliphatic carbocycles. The van der Waals surface area contributed by atoms with Gasteiger partial charge in [-0.2, -0.15) is 0 Å². The zero-order valence-corrected chi connectivity index (χ0v) is 15.0. The molecule has 1 fully saturated rings. The van der Waals surface area contributed by atoms with Crippen LogP contribution in [0.15, 0.2) is 22.7 Å². The van der Waals surface area contributed by atoms with Crippen LogP contribution < -0.4 is 5.73 Å². The molecule has 1 aromatic rings. The van der Waals surface area contributed by atoms with Crippen molar-refractivity contribution in [1.29, 1.82) is 0 Å². The van der Waals surface area contributed by atoms with E-state index in [9.17, 15) is 0 Å². The molecule has 2 N–H and O–H groups in total. The van der Waals surface area contributed by atoms with Crippen LogP contribution in [0.5, 0.6) is 0 Å². The van der Waals surface area contributed by atoms with Crippen molar-refractivity contribution in [1.82, 2.24) is 4.90 Å². The second-order valence-electron chi connectivity index (χ2n) is 5.76. The number of benzene rings is 1. The Morgan fingerprint density at radius 3 is 2.95 bits per heavy atom. The van der Waals surface area contributed by atoms with E-state index >= 15 is 0 Å². The molecule has 3 nitrogen and oxygen atoms in total. The molecule has 0 spiro atoms. The highest BCUT2D eigenvalue weighted by atomic mass is 79.9. The lowest BCUT2D eigenvalue weighted by atomic mass is 10.0. The fourth-order valence-corrected chi connectivity index (χ4v) is 3.64. The SMILES string of the molecule is CCC1COC(C)CN1CCC(N)c1ccc(Br)cc1Cl. The number of ether oxygens (including phenoxy) is 1. The van der Waals surface area contributed by atoms with Crippen molar-refractivity contribution < 1.29 is 4.74 Å². The maximum atomic E-state index is 6.33. The molecule has 1 aliphatic rings. The summed E-state index contributed by atoms with van der Waals surface area (Å²) in [6, 6.07) is 6.39. The number of rotatable bonds is 5. The summed E-state index contributed by atoms with van der Waals surface area (Å²) in [5.74, 6) is 0. The predicted molar refractivity (Wildman–Crippen MR) is 91.8 cm³/mol. The van der Waals surface area contributed by atoms with Crippen LogP contribution in [0.3, 0.4) is 0 Å². The van der Waals surface area contributed by atoms with Crippen LogP contribution in [0, 0.1) is 0 Å². The van der Waals surface area contributed by atoms with Crippen molar-refractivity contribution in [2.75, 3.05) is 19.7 Å². The maximum Gasteiger partial charge on any atom is 0.0674 e. The van der Waals surface area contributed by atoms with E-state index in [1.807, 2.05) is 18.2 Å². The number of hydrogen-bond acceptors (Lipinski definition) is 3. The zero-order chi connectivity index (χ0) is 15.4. The summed E-state index contributed by atoms with van der Waals surface area (Å²) in [6.45, 7) is 7.14. The van der Waals surface area contributed by atoms with Crippen LogP contribution >= 0.6 is 27.5 Å². The fraction of sp³-hybridized carbons (Fsp3) is 0.625. The van der Waals surface area contributed by atoms with Gasteiger partial charge >= 0.3 is 0 Å². The van der Waals surface area contributed by atoms with Crippen LogP contribution in [-0.2, 0) is 4.74 Å². The van der Waals surface area contributed by atoms with Crippen LogP contribution in [-0.4, -0.2) is 36.7 Å². The van der Waals surface area contributed by atoms with Crippen molar-refractivity contribution in [2.24, 2.45) is 5.73 Å². The fourth-order valence-electron chi connectivity index (χ4n) is 2.83. The summed E-state index contributed by atoms with van der Waals surface area (Å²) in [6.07, 6.45) is 2.33. The molecular weight excluding hydrogens is 352 g/mol. The average molecular weight is 376 g/mol. The van der Waals surface area contributed by atoms with Gasteiger partial charge in [0, 0.05) is 34.7 Å². The van der Waals surface area contributed by atoms with Gasteiger partial charge in [0.15, 0.2) is 0 Å². The number of nitrogens with zero attached hydrogens (tertiary/aromatic N) is 1. The number of halogens is 2. The van der Waals surface area contributed by atoms with Crippen LogP contribution in [0.4, 0.5) is 0 Å². The summed E-state index contributed by atoms with van der Waals surface area (Å²) in [4.78, 5) is 2.50. The van der Waals surface area contributed by atoms with E-state index in [2.05, 4.69) is 34.7 Å². The Balaban J connectivity index is 1.94. The predicted octanol–water partition coefficient (Wildman–Crippen LogP) is 3.99. The molecule has 3 unspecified atom stereocenters. The van der Waals surface area contributed by atoms with Gasteiger partial charge in [0.25, 0.3) is 0 Å². The summed E-state index contributed by atoms with van der Waals surface area (Å²) in [5.41, 5.74) is 7.35. The van der Waals surface area contributed by atoms with E-state index in [0.717, 1.165) is 47.6 Å². The van der Waals surface area contributed by atoms with E-state index < -0.39 is 0 Å². The Morgan fingerprint density at radius 2 is 2.29 bits per heavy atom. The molecule has 1 aromatic carbocycles. The van der Waals surface area contributed by atoms with Crippen molar-refractivity contribution in [3.63, 3.8) is 0 Å². The molecule has 21 heavy (non-hydrogen) atoms. The topological polar surface area (TPSA) is 38.5 Å². The summed E-state index contributed by atoms with van der Waals surface area (Å²) in [5, 5.41) is 0.735. The van der Waals surface area contributed by atoms with Gasteiger partial charge < -0.3 is 10.5 Å². The summed E-state index contributed by atoms with van der Waals surface area (Å²) < 4.78 is 6.72. The smallest absolute Gasteiger partial charge is 0.0674 e. The van der Waals surface area contributed by atoms with E-state index in [-0.39, 0.29) is 6.04 Å². The highest BCUT2D eigenvalue weighted by Gasteiger charge is 2.25. The van der Waals surface area contributed by atoms with Gasteiger partial charge in [-0.1, -0.05) is 40.5 Å². The van der Waals surface area contributed by atoms with Crippen molar-refractivity contribution in [3.8, 4) is 0 Å². The van der Waals surface area contributed by atoms with Crippen LogP contribution in [0.2, 0.25) is 5.02 Å². The standard InChI is InChI=1S/C16H24BrClN2O/c1-3-13-10-21-11(2)9-20(13)7-6-16(19)14-5-4-12(17)8-15(14)18/h4-5,8,11,13,16H,3,6-7,9-10,19H2,1-2H3. The van der Waals surface area contributed by atoms with Gasteiger partial charge in [-0.05, 0) is 37.5 Å². The highest BCUT2D eigenvalue weighted by molar-refractivity contribution is 9.10. The van der Waals surface area contributed by atoms with Crippen LogP contribution in [0.1, 0.15) is 38.3 Å². The molecule has 5 heteroatoms. The van der Waals surface area contributed by atoms with Gasteiger partial charge in [-0.3, -0.25) is 4.90 Å². The third kappa shape index (κ3) is 4.67. The van der Waals surface area contributed by atoms with Gasteiger partial charge in [-0.25, -0.2) is 0 Å². The molecule has 0 saturated carbocycles. The maximum absolute atomic E-state index is 6.33. The lowest BCUT2D eigenvalue weighted by Crippen LogP contribution is -2.49. The first-order valence-corrected chi connectivity index (χ1v) is 8.74. The summed E-state index contributed by atoms with van der Waals surface area (Å²) >= 11 is 9.70. The van der Waals surface area contributed by atoms with Crippen molar-refractivity contribution in [2.45, 2.75) is 44.9 Å². The lowest BCUT2D eigenvalue weighted by Gasteiger charge is -2.38. The van der Waals surface area contributed by atoms with Crippen molar-refractivity contribution >= 4 is 27.5 Å². The van der Waals surface area contributed by atoms with Gasteiger partial charge in [0.2, 0.25) is 0 Å². The molecule has 2 rings (SSSR count). The van der Waals surface area contributed by atoms with Gasteiger partial charge in [0.1, 0.15) is 0 Å². The Hall–Kier alpha value is -0.130. The number of hydrogen-bond donors (Lipinski definition) is 1.